The first-order valence-electron chi connectivity index (χ1n) is 10.2. The third-order valence-electron chi connectivity index (χ3n) is 4.71. The van der Waals surface area contributed by atoms with Crippen molar-refractivity contribution in [1.29, 1.82) is 0 Å². The van der Waals surface area contributed by atoms with Crippen molar-refractivity contribution in [1.82, 2.24) is 0 Å². The molecule has 0 saturated carbocycles. The number of rotatable bonds is 6. The van der Waals surface area contributed by atoms with Crippen LogP contribution in [0, 0.1) is 0 Å². The molecular formula is C26H18Cl2N4O2. The fourth-order valence-corrected chi connectivity index (χ4v) is 3.45. The molecule has 168 valence electrons. The van der Waals surface area contributed by atoms with Crippen molar-refractivity contribution in [2.75, 3.05) is 10.6 Å². The molecule has 8 heteroatoms. The van der Waals surface area contributed by atoms with E-state index >= 15 is 0 Å². The van der Waals surface area contributed by atoms with Crippen molar-refractivity contribution in [2.24, 2.45) is 10.2 Å². The monoisotopic (exact) mass is 488 g/mol. The van der Waals surface area contributed by atoms with Gasteiger partial charge in [0.1, 0.15) is 5.69 Å². The molecule has 0 aliphatic rings. The van der Waals surface area contributed by atoms with Crippen LogP contribution < -0.4 is 10.6 Å². The third-order valence-corrected chi connectivity index (χ3v) is 5.18. The first kappa shape index (κ1) is 23.2. The number of azo groups is 1. The van der Waals surface area contributed by atoms with E-state index in [1.165, 1.54) is 0 Å². The second kappa shape index (κ2) is 10.7. The number of anilines is 2. The Labute approximate surface area is 206 Å². The molecule has 0 saturated heterocycles. The molecule has 0 spiro atoms. The van der Waals surface area contributed by atoms with E-state index < -0.39 is 0 Å². The molecule has 34 heavy (non-hydrogen) atoms. The highest BCUT2D eigenvalue weighted by Crippen LogP contribution is 2.31. The Morgan fingerprint density at radius 1 is 0.618 bits per heavy atom. The van der Waals surface area contributed by atoms with Gasteiger partial charge in [0.15, 0.2) is 0 Å². The smallest absolute Gasteiger partial charge is 0.255 e. The summed E-state index contributed by atoms with van der Waals surface area (Å²) in [5.41, 5.74) is 2.70. The molecule has 2 N–H and O–H groups in total. The van der Waals surface area contributed by atoms with Crippen LogP contribution in [0.3, 0.4) is 0 Å². The largest absolute Gasteiger partial charge is 0.322 e. The summed E-state index contributed by atoms with van der Waals surface area (Å²) in [4.78, 5) is 25.5. The van der Waals surface area contributed by atoms with Crippen molar-refractivity contribution in [3.8, 4) is 0 Å². The van der Waals surface area contributed by atoms with Crippen LogP contribution in [-0.4, -0.2) is 11.8 Å². The zero-order valence-corrected chi connectivity index (χ0v) is 19.2. The van der Waals surface area contributed by atoms with Gasteiger partial charge < -0.3 is 10.6 Å². The molecule has 0 radical (unpaired) electrons. The zero-order valence-electron chi connectivity index (χ0n) is 17.7. The Bertz CT molecular complexity index is 1370. The number of hydrogen-bond donors (Lipinski definition) is 2. The highest BCUT2D eigenvalue weighted by molar-refractivity contribution is 6.31. The zero-order chi connectivity index (χ0) is 23.9. The molecule has 0 aliphatic heterocycles. The summed E-state index contributed by atoms with van der Waals surface area (Å²) >= 11 is 12.0. The molecule has 0 bridgehead atoms. The average Bonchev–Trinajstić information content (AvgIpc) is 2.84. The van der Waals surface area contributed by atoms with E-state index in [2.05, 4.69) is 20.9 Å². The number of halogens is 2. The van der Waals surface area contributed by atoms with Crippen LogP contribution in [0.5, 0.6) is 0 Å². The molecule has 0 fully saturated rings. The number of nitrogens with zero attached hydrogens (tertiary/aromatic N) is 2. The minimum atomic E-state index is -0.378. The maximum absolute atomic E-state index is 12.8. The van der Waals surface area contributed by atoms with Gasteiger partial charge in [-0.05, 0) is 66.7 Å². The maximum atomic E-state index is 12.8. The van der Waals surface area contributed by atoms with Gasteiger partial charge in [0.05, 0.1) is 11.4 Å². The molecule has 0 atom stereocenters. The molecule has 0 heterocycles. The molecule has 4 aromatic rings. The van der Waals surface area contributed by atoms with Gasteiger partial charge in [-0.25, -0.2) is 0 Å². The highest BCUT2D eigenvalue weighted by atomic mass is 35.5. The summed E-state index contributed by atoms with van der Waals surface area (Å²) < 4.78 is 0. The minimum Gasteiger partial charge on any atom is -0.322 e. The van der Waals surface area contributed by atoms with Gasteiger partial charge in [-0.3, -0.25) is 9.59 Å². The Morgan fingerprint density at radius 3 is 1.85 bits per heavy atom. The molecule has 4 aromatic carbocycles. The van der Waals surface area contributed by atoms with Crippen LogP contribution in [0.4, 0.5) is 22.7 Å². The quantitative estimate of drug-likeness (QED) is 0.270. The van der Waals surface area contributed by atoms with Crippen LogP contribution in [0.2, 0.25) is 10.0 Å². The molecule has 6 nitrogen and oxygen atoms in total. The van der Waals surface area contributed by atoms with Gasteiger partial charge in [-0.2, -0.15) is 5.11 Å². The van der Waals surface area contributed by atoms with Crippen LogP contribution in [0.15, 0.2) is 107 Å². The fourth-order valence-electron chi connectivity index (χ4n) is 3.06. The number of benzene rings is 4. The molecule has 4 rings (SSSR count). The number of carbonyl (C=O) groups excluding carboxylic acids is 2. The van der Waals surface area contributed by atoms with Gasteiger partial charge in [0, 0.05) is 26.9 Å². The molecule has 0 aliphatic carbocycles. The topological polar surface area (TPSA) is 82.9 Å². The third kappa shape index (κ3) is 6.07. The summed E-state index contributed by atoms with van der Waals surface area (Å²) in [6.45, 7) is 0. The predicted molar refractivity (Wildman–Crippen MR) is 136 cm³/mol. The normalized spacial score (nSPS) is 10.8. The average molecular weight is 489 g/mol. The summed E-state index contributed by atoms with van der Waals surface area (Å²) in [5, 5.41) is 15.1. The summed E-state index contributed by atoms with van der Waals surface area (Å²) in [6, 6.07) is 27.4. The minimum absolute atomic E-state index is 0.340. The molecule has 0 aromatic heterocycles. The van der Waals surface area contributed by atoms with Gasteiger partial charge in [-0.1, -0.05) is 53.5 Å². The first-order chi connectivity index (χ1) is 16.5. The first-order valence-corrected chi connectivity index (χ1v) is 11.0. The van der Waals surface area contributed by atoms with Crippen LogP contribution in [0.1, 0.15) is 20.7 Å². The van der Waals surface area contributed by atoms with E-state index in [4.69, 9.17) is 23.2 Å². The predicted octanol–water partition coefficient (Wildman–Crippen LogP) is 7.91. The van der Waals surface area contributed by atoms with Crippen LogP contribution in [0.25, 0.3) is 0 Å². The van der Waals surface area contributed by atoms with Crippen molar-refractivity contribution >= 4 is 57.8 Å². The Hall–Kier alpha value is -4.00. The highest BCUT2D eigenvalue weighted by Gasteiger charge is 2.13. The number of amides is 2. The summed E-state index contributed by atoms with van der Waals surface area (Å²) in [6.07, 6.45) is 0. The van der Waals surface area contributed by atoms with E-state index in [-0.39, 0.29) is 11.8 Å². The SMILES string of the molecule is O=C(Nc1ccc(N=Nc2ccccc2)c(NC(=O)c2cccc(Cl)c2)c1)c1cccc(Cl)c1. The summed E-state index contributed by atoms with van der Waals surface area (Å²) in [7, 11) is 0. The van der Waals surface area contributed by atoms with Gasteiger partial charge in [0.25, 0.3) is 11.8 Å². The fraction of sp³-hybridized carbons (Fsp3) is 0. The maximum Gasteiger partial charge on any atom is 0.255 e. The molecule has 0 unspecified atom stereocenters. The van der Waals surface area contributed by atoms with E-state index in [1.807, 2.05) is 30.3 Å². The Kier molecular flexibility index (Phi) is 7.32. The van der Waals surface area contributed by atoms with Gasteiger partial charge in [-0.15, -0.1) is 5.11 Å². The van der Waals surface area contributed by atoms with Crippen molar-refractivity contribution in [3.05, 3.63) is 118 Å². The van der Waals surface area contributed by atoms with E-state index in [0.717, 1.165) is 0 Å². The standard InChI is InChI=1S/C26H18Cl2N4O2/c27-19-8-4-6-17(14-19)25(33)29-22-12-13-23(32-31-21-10-2-1-3-11-21)24(16-22)30-26(34)18-7-5-9-20(28)15-18/h1-16H,(H,29,33)(H,30,34). The lowest BCUT2D eigenvalue weighted by atomic mass is 10.1. The van der Waals surface area contributed by atoms with Crippen molar-refractivity contribution in [3.63, 3.8) is 0 Å². The Morgan fingerprint density at radius 2 is 1.24 bits per heavy atom. The van der Waals surface area contributed by atoms with E-state index in [0.29, 0.717) is 43.9 Å². The molecule has 2 amide bonds. The molecular weight excluding hydrogens is 471 g/mol. The van der Waals surface area contributed by atoms with Crippen molar-refractivity contribution in [2.45, 2.75) is 0 Å². The summed E-state index contributed by atoms with van der Waals surface area (Å²) in [5.74, 6) is -0.717. The lowest BCUT2D eigenvalue weighted by molar-refractivity contribution is 0.101. The van der Waals surface area contributed by atoms with E-state index in [9.17, 15) is 9.59 Å². The Balaban J connectivity index is 1.63. The van der Waals surface area contributed by atoms with Gasteiger partial charge >= 0.3 is 0 Å². The van der Waals surface area contributed by atoms with Crippen LogP contribution >= 0.6 is 23.2 Å². The number of nitrogens with one attached hydrogen (secondary N) is 2. The van der Waals surface area contributed by atoms with E-state index in [1.54, 1.807) is 66.7 Å². The van der Waals surface area contributed by atoms with Crippen LogP contribution in [-0.2, 0) is 0 Å². The lowest BCUT2D eigenvalue weighted by Crippen LogP contribution is -2.14. The second-order valence-electron chi connectivity index (χ2n) is 7.20. The van der Waals surface area contributed by atoms with Crippen molar-refractivity contribution < 1.29 is 9.59 Å². The number of hydrogen-bond acceptors (Lipinski definition) is 4. The van der Waals surface area contributed by atoms with Gasteiger partial charge in [0.2, 0.25) is 0 Å². The lowest BCUT2D eigenvalue weighted by Gasteiger charge is -2.12. The number of carbonyl (C=O) groups is 2. The second-order valence-corrected chi connectivity index (χ2v) is 8.07.